The molecule has 0 saturated heterocycles. The average molecular weight is 588 g/mol. The molecule has 3 saturated carbocycles. The molecule has 5 aliphatic rings. The normalized spacial score (nSPS) is 37.8. The molecule has 0 radical (unpaired) electrons. The van der Waals surface area contributed by atoms with Crippen LogP contribution in [0.25, 0.3) is 0 Å². The number of carbonyl (C=O) groups is 3. The number of fused-ring (bicyclic) bond motifs is 5. The number of rotatable bonds is 11. The highest BCUT2D eigenvalue weighted by Gasteiger charge is 2.70. The van der Waals surface area contributed by atoms with Gasteiger partial charge in [0, 0.05) is 35.3 Å². The van der Waals surface area contributed by atoms with Crippen LogP contribution in [0.15, 0.2) is 59.7 Å². The van der Waals surface area contributed by atoms with E-state index in [0.29, 0.717) is 25.7 Å². The summed E-state index contributed by atoms with van der Waals surface area (Å²) in [5.74, 6) is 0.593. The molecule has 8 atom stereocenters. The Morgan fingerprint density at radius 1 is 1.23 bits per heavy atom. The lowest BCUT2D eigenvalue weighted by Gasteiger charge is -2.59. The molecule has 2 N–H and O–H groups in total. The SMILES string of the molecule is CCCCC(=O)C1(OO[C@@H]2C=C(Cc3cccc(NC=O)c3)C2)CCC2C3CCC4=CC(=O)C=CC4(C)C3C(O)CC21C. The molecular weight excluding hydrogens is 542 g/mol. The van der Waals surface area contributed by atoms with Gasteiger partial charge in [0.25, 0.3) is 0 Å². The van der Waals surface area contributed by atoms with Gasteiger partial charge in [-0.15, -0.1) is 0 Å². The predicted molar refractivity (Wildman–Crippen MR) is 164 cm³/mol. The number of allylic oxidation sites excluding steroid dienone is 4. The first-order chi connectivity index (χ1) is 20.6. The first-order valence-electron chi connectivity index (χ1n) is 16.1. The molecule has 3 fully saturated rings. The van der Waals surface area contributed by atoms with E-state index in [9.17, 15) is 19.5 Å². The molecule has 5 aliphatic carbocycles. The molecule has 7 unspecified atom stereocenters. The molecule has 230 valence electrons. The highest BCUT2D eigenvalue weighted by molar-refractivity contribution is 6.01. The van der Waals surface area contributed by atoms with Crippen molar-refractivity contribution in [3.63, 3.8) is 0 Å². The van der Waals surface area contributed by atoms with E-state index in [2.05, 4.69) is 32.2 Å². The first-order valence-corrected chi connectivity index (χ1v) is 16.1. The molecule has 43 heavy (non-hydrogen) atoms. The van der Waals surface area contributed by atoms with Gasteiger partial charge in [0.15, 0.2) is 17.2 Å². The maximum absolute atomic E-state index is 14.1. The summed E-state index contributed by atoms with van der Waals surface area (Å²) in [6.45, 7) is 6.43. The number of anilines is 1. The monoisotopic (exact) mass is 587 g/mol. The number of ketones is 2. The molecule has 0 spiro atoms. The van der Waals surface area contributed by atoms with Crippen molar-refractivity contribution in [2.45, 2.75) is 103 Å². The third-order valence-electron chi connectivity index (χ3n) is 11.6. The van der Waals surface area contributed by atoms with Gasteiger partial charge < -0.3 is 10.4 Å². The Morgan fingerprint density at radius 3 is 2.81 bits per heavy atom. The second-order valence-corrected chi connectivity index (χ2v) is 14.0. The van der Waals surface area contributed by atoms with E-state index in [4.69, 9.17) is 9.78 Å². The largest absolute Gasteiger partial charge is 0.393 e. The van der Waals surface area contributed by atoms with E-state index in [0.717, 1.165) is 61.8 Å². The third kappa shape index (κ3) is 5.07. The summed E-state index contributed by atoms with van der Waals surface area (Å²) in [7, 11) is 0. The molecular formula is C36H45NO6. The smallest absolute Gasteiger partial charge is 0.211 e. The average Bonchev–Trinajstić information content (AvgIpc) is 3.25. The highest BCUT2D eigenvalue weighted by Crippen LogP contribution is 2.68. The second kappa shape index (κ2) is 11.6. The fraction of sp³-hybridized carbons (Fsp3) is 0.583. The minimum atomic E-state index is -1.09. The maximum Gasteiger partial charge on any atom is 0.211 e. The van der Waals surface area contributed by atoms with Crippen molar-refractivity contribution in [3.8, 4) is 0 Å². The van der Waals surface area contributed by atoms with Crippen LogP contribution in [0.2, 0.25) is 0 Å². The molecule has 1 amide bonds. The fourth-order valence-electron chi connectivity index (χ4n) is 9.42. The first kappa shape index (κ1) is 30.2. The number of hydrogen-bond donors (Lipinski definition) is 2. The van der Waals surface area contributed by atoms with Crippen LogP contribution in [0.4, 0.5) is 5.69 Å². The molecule has 7 heteroatoms. The zero-order valence-corrected chi connectivity index (χ0v) is 25.6. The van der Waals surface area contributed by atoms with Gasteiger partial charge in [-0.3, -0.25) is 14.4 Å². The quantitative estimate of drug-likeness (QED) is 0.138. The van der Waals surface area contributed by atoms with Crippen molar-refractivity contribution in [1.29, 1.82) is 0 Å². The summed E-state index contributed by atoms with van der Waals surface area (Å²) in [5.41, 5.74) is 2.25. The summed E-state index contributed by atoms with van der Waals surface area (Å²) in [4.78, 5) is 49.6. The van der Waals surface area contributed by atoms with Crippen LogP contribution in [-0.2, 0) is 30.6 Å². The summed E-state index contributed by atoms with van der Waals surface area (Å²) in [5, 5.41) is 14.5. The molecule has 7 nitrogen and oxygen atoms in total. The maximum atomic E-state index is 14.1. The van der Waals surface area contributed by atoms with Crippen molar-refractivity contribution in [1.82, 2.24) is 0 Å². The highest BCUT2D eigenvalue weighted by atomic mass is 17.2. The molecule has 0 bridgehead atoms. The number of benzene rings is 1. The lowest BCUT2D eigenvalue weighted by atomic mass is 9.46. The van der Waals surface area contributed by atoms with Gasteiger partial charge in [0.1, 0.15) is 6.10 Å². The molecule has 6 rings (SSSR count). The van der Waals surface area contributed by atoms with Gasteiger partial charge in [0.2, 0.25) is 6.41 Å². The third-order valence-corrected chi connectivity index (χ3v) is 11.6. The van der Waals surface area contributed by atoms with Crippen LogP contribution < -0.4 is 5.32 Å². The Labute approximate surface area is 254 Å². The second-order valence-electron chi connectivity index (χ2n) is 14.0. The Morgan fingerprint density at radius 2 is 2.05 bits per heavy atom. The molecule has 0 aliphatic heterocycles. The minimum Gasteiger partial charge on any atom is -0.393 e. The number of amides is 1. The Kier molecular flexibility index (Phi) is 8.12. The van der Waals surface area contributed by atoms with Crippen LogP contribution in [0.1, 0.15) is 84.1 Å². The Bertz CT molecular complexity index is 1380. The van der Waals surface area contributed by atoms with Gasteiger partial charge in [0.05, 0.1) is 6.10 Å². The van der Waals surface area contributed by atoms with Crippen molar-refractivity contribution in [3.05, 3.63) is 65.3 Å². The minimum absolute atomic E-state index is 0.00902. The molecule has 0 heterocycles. The predicted octanol–water partition coefficient (Wildman–Crippen LogP) is 6.22. The Balaban J connectivity index is 1.21. The van der Waals surface area contributed by atoms with E-state index < -0.39 is 17.1 Å². The number of carbonyl (C=O) groups excluding carboxylic acids is 3. The number of nitrogens with one attached hydrogen (secondary N) is 1. The molecule has 0 aromatic heterocycles. The molecule has 1 aromatic rings. The number of unbranched alkanes of at least 4 members (excludes halogenated alkanes) is 1. The van der Waals surface area contributed by atoms with Gasteiger partial charge >= 0.3 is 0 Å². The van der Waals surface area contributed by atoms with E-state index in [-0.39, 0.29) is 40.8 Å². The summed E-state index contributed by atoms with van der Waals surface area (Å²) >= 11 is 0. The van der Waals surface area contributed by atoms with Crippen molar-refractivity contribution in [2.75, 3.05) is 5.32 Å². The van der Waals surface area contributed by atoms with Gasteiger partial charge in [-0.1, -0.05) is 62.6 Å². The van der Waals surface area contributed by atoms with Crippen molar-refractivity contribution >= 4 is 23.7 Å². The van der Waals surface area contributed by atoms with Crippen LogP contribution in [-0.4, -0.2) is 40.9 Å². The van der Waals surface area contributed by atoms with Crippen molar-refractivity contribution in [2.24, 2.45) is 28.6 Å². The van der Waals surface area contributed by atoms with E-state index in [1.165, 1.54) is 5.57 Å². The zero-order chi connectivity index (χ0) is 30.4. The lowest BCUT2D eigenvalue weighted by molar-refractivity contribution is -0.390. The topological polar surface area (TPSA) is 102 Å². The number of Topliss-reactive ketones (excluding diaryl/α,β-unsaturated/α-hetero) is 1. The summed E-state index contributed by atoms with van der Waals surface area (Å²) in [6, 6.07) is 7.79. The Hall–Kier alpha value is -2.87. The van der Waals surface area contributed by atoms with E-state index >= 15 is 0 Å². The number of hydrogen-bond acceptors (Lipinski definition) is 6. The standard InChI is InChI=1S/C36H45NO6/c1-4-5-9-32(41)36(43-42-28-18-24(19-28)16-23-7-6-8-26(17-23)37-22-38)15-13-30-29-11-10-25-20-27(39)12-14-34(25,2)33(29)31(40)21-35(30,36)3/h6-8,12,14,17-18,20,22,28-31,33,40H,4-5,9-11,13,15-16,19,21H2,1-3H3,(H,37,38)/t28-,29?,30?,31?,33?,34?,35?,36?/m1/s1. The number of aliphatic hydroxyl groups is 1. The summed E-state index contributed by atoms with van der Waals surface area (Å²) in [6.07, 6.45) is 14.7. The summed E-state index contributed by atoms with van der Waals surface area (Å²) < 4.78 is 0. The van der Waals surface area contributed by atoms with Gasteiger partial charge in [-0.2, -0.15) is 0 Å². The van der Waals surface area contributed by atoms with Crippen molar-refractivity contribution < 1.29 is 29.3 Å². The van der Waals surface area contributed by atoms with Crippen LogP contribution in [0.3, 0.4) is 0 Å². The lowest BCUT2D eigenvalue weighted by Crippen LogP contribution is -2.62. The van der Waals surface area contributed by atoms with Crippen LogP contribution >= 0.6 is 0 Å². The van der Waals surface area contributed by atoms with Crippen LogP contribution in [0.5, 0.6) is 0 Å². The zero-order valence-electron chi connectivity index (χ0n) is 25.6. The molecule has 1 aromatic carbocycles. The van der Waals surface area contributed by atoms with Gasteiger partial charge in [-0.25, -0.2) is 9.78 Å². The number of aliphatic hydroxyl groups excluding tert-OH is 1. The fourth-order valence-corrected chi connectivity index (χ4v) is 9.42. The van der Waals surface area contributed by atoms with Gasteiger partial charge in [-0.05, 0) is 86.6 Å². The van der Waals surface area contributed by atoms with Crippen LogP contribution in [0, 0.1) is 28.6 Å². The van der Waals surface area contributed by atoms with E-state index in [1.54, 1.807) is 12.2 Å². The van der Waals surface area contributed by atoms with E-state index in [1.807, 2.05) is 30.3 Å².